The van der Waals surface area contributed by atoms with E-state index in [9.17, 15) is 0 Å². The number of amidine groups is 1. The van der Waals surface area contributed by atoms with Crippen LogP contribution in [0.2, 0.25) is 0 Å². The number of aliphatic imine (C=N–C) groups is 1. The van der Waals surface area contributed by atoms with Gasteiger partial charge in [0.2, 0.25) is 0 Å². The van der Waals surface area contributed by atoms with Gasteiger partial charge in [0, 0.05) is 6.42 Å². The van der Waals surface area contributed by atoms with E-state index in [1.165, 1.54) is 0 Å². The lowest BCUT2D eigenvalue weighted by molar-refractivity contribution is 0.602. The van der Waals surface area contributed by atoms with Crippen molar-refractivity contribution in [2.75, 3.05) is 6.54 Å². The Kier molecular flexibility index (Phi) is 7.33. The molecular formula is C13H22N2. The van der Waals surface area contributed by atoms with Crippen molar-refractivity contribution < 1.29 is 0 Å². The summed E-state index contributed by atoms with van der Waals surface area (Å²) in [5.74, 6) is 1.39. The zero-order valence-corrected chi connectivity index (χ0v) is 9.87. The van der Waals surface area contributed by atoms with Gasteiger partial charge in [0.05, 0.1) is 12.4 Å². The first-order chi connectivity index (χ1) is 7.10. The van der Waals surface area contributed by atoms with Crippen LogP contribution in [0.1, 0.15) is 26.7 Å². The lowest BCUT2D eigenvalue weighted by atomic mass is 10.1. The van der Waals surface area contributed by atoms with E-state index in [0.29, 0.717) is 12.5 Å². The van der Waals surface area contributed by atoms with Gasteiger partial charge in [0.1, 0.15) is 0 Å². The fourth-order valence-electron chi connectivity index (χ4n) is 1.05. The van der Waals surface area contributed by atoms with Gasteiger partial charge in [-0.1, -0.05) is 45.2 Å². The van der Waals surface area contributed by atoms with Crippen molar-refractivity contribution in [3.63, 3.8) is 0 Å². The summed E-state index contributed by atoms with van der Waals surface area (Å²) in [6.45, 7) is 12.3. The Balaban J connectivity index is 4.08. The quantitative estimate of drug-likeness (QED) is 0.388. The Bertz CT molecular complexity index is 260. The Morgan fingerprint density at radius 3 is 2.53 bits per heavy atom. The van der Waals surface area contributed by atoms with E-state index in [1.807, 2.05) is 6.08 Å². The molecule has 0 amide bonds. The monoisotopic (exact) mass is 206 g/mol. The van der Waals surface area contributed by atoms with Crippen molar-refractivity contribution in [2.45, 2.75) is 26.7 Å². The lowest BCUT2D eigenvalue weighted by Crippen LogP contribution is -2.13. The number of rotatable bonds is 7. The second kappa shape index (κ2) is 8.04. The van der Waals surface area contributed by atoms with Crippen LogP contribution >= 0.6 is 0 Å². The molecule has 0 spiro atoms. The molecule has 0 bridgehead atoms. The number of hydrogen-bond donors (Lipinski definition) is 1. The van der Waals surface area contributed by atoms with Crippen molar-refractivity contribution in [1.29, 1.82) is 0 Å². The van der Waals surface area contributed by atoms with Crippen molar-refractivity contribution in [1.82, 2.24) is 0 Å². The van der Waals surface area contributed by atoms with Crippen LogP contribution in [0.15, 0.2) is 42.0 Å². The van der Waals surface area contributed by atoms with Crippen molar-refractivity contribution in [2.24, 2.45) is 16.6 Å². The predicted octanol–water partition coefficient (Wildman–Crippen LogP) is 3.08. The minimum atomic E-state index is 0.597. The highest BCUT2D eigenvalue weighted by molar-refractivity contribution is 5.80. The maximum absolute atomic E-state index is 5.78. The summed E-state index contributed by atoms with van der Waals surface area (Å²) < 4.78 is 0. The molecule has 2 N–H and O–H groups in total. The van der Waals surface area contributed by atoms with Crippen molar-refractivity contribution in [3.05, 3.63) is 37.0 Å². The van der Waals surface area contributed by atoms with Crippen LogP contribution in [0.3, 0.4) is 0 Å². The molecule has 0 radical (unpaired) electrons. The van der Waals surface area contributed by atoms with Gasteiger partial charge in [-0.25, -0.2) is 0 Å². The molecule has 0 atom stereocenters. The van der Waals surface area contributed by atoms with E-state index in [2.05, 4.69) is 32.0 Å². The highest BCUT2D eigenvalue weighted by Gasteiger charge is 1.97. The first-order valence-corrected chi connectivity index (χ1v) is 5.33. The Labute approximate surface area is 93.3 Å². The minimum absolute atomic E-state index is 0.597. The molecule has 2 nitrogen and oxygen atoms in total. The van der Waals surface area contributed by atoms with Gasteiger partial charge >= 0.3 is 0 Å². The molecule has 0 aromatic rings. The second-order valence-corrected chi connectivity index (χ2v) is 3.92. The molecule has 15 heavy (non-hydrogen) atoms. The van der Waals surface area contributed by atoms with E-state index < -0.39 is 0 Å². The van der Waals surface area contributed by atoms with Crippen molar-refractivity contribution in [3.8, 4) is 0 Å². The molecule has 0 fully saturated rings. The second-order valence-electron chi connectivity index (χ2n) is 3.92. The van der Waals surface area contributed by atoms with Crippen LogP contribution in [-0.4, -0.2) is 12.4 Å². The third-order valence-corrected chi connectivity index (χ3v) is 2.04. The van der Waals surface area contributed by atoms with Gasteiger partial charge in [-0.2, -0.15) is 0 Å². The van der Waals surface area contributed by atoms with Crippen LogP contribution < -0.4 is 5.73 Å². The molecule has 0 saturated carbocycles. The van der Waals surface area contributed by atoms with Crippen molar-refractivity contribution >= 4 is 5.84 Å². The predicted molar refractivity (Wildman–Crippen MR) is 69.0 cm³/mol. The third-order valence-electron chi connectivity index (χ3n) is 2.04. The van der Waals surface area contributed by atoms with Gasteiger partial charge < -0.3 is 5.73 Å². The fraction of sp³-hybridized carbons (Fsp3) is 0.462. The van der Waals surface area contributed by atoms with Crippen LogP contribution in [0, 0.1) is 5.92 Å². The molecule has 0 unspecified atom stereocenters. The van der Waals surface area contributed by atoms with E-state index in [-0.39, 0.29) is 0 Å². The molecule has 0 aliphatic carbocycles. The summed E-state index contributed by atoms with van der Waals surface area (Å²) in [4.78, 5) is 4.29. The molecule has 0 aromatic carbocycles. The summed E-state index contributed by atoms with van der Waals surface area (Å²) in [7, 11) is 0. The summed E-state index contributed by atoms with van der Waals surface area (Å²) in [6.07, 6.45) is 7.37. The van der Waals surface area contributed by atoms with E-state index in [1.54, 1.807) is 12.2 Å². The Morgan fingerprint density at radius 1 is 1.40 bits per heavy atom. The Hall–Kier alpha value is -1.31. The smallest absolute Gasteiger partial charge is 0.0941 e. The van der Waals surface area contributed by atoms with Gasteiger partial charge in [-0.15, -0.1) is 0 Å². The zero-order chi connectivity index (χ0) is 11.7. The molecule has 0 aromatic heterocycles. The standard InChI is InChI=1S/C13H22N2/c1-5-7-12(6-2)10-15-13(14)9-8-11(3)4/h5-7,11H,1-2,8-10H2,3-4H3,(H2,14,15)/b12-7+. The molecule has 2 heteroatoms. The number of nitrogens with zero attached hydrogens (tertiary/aromatic N) is 1. The number of hydrogen-bond acceptors (Lipinski definition) is 1. The van der Waals surface area contributed by atoms with E-state index in [0.717, 1.165) is 24.3 Å². The average molecular weight is 206 g/mol. The van der Waals surface area contributed by atoms with Gasteiger partial charge in [-0.05, 0) is 17.9 Å². The highest BCUT2D eigenvalue weighted by atomic mass is 14.8. The maximum atomic E-state index is 5.78. The first-order valence-electron chi connectivity index (χ1n) is 5.33. The summed E-state index contributed by atoms with van der Waals surface area (Å²) in [6, 6.07) is 0. The third kappa shape index (κ3) is 7.74. The number of allylic oxidation sites excluding steroid dienone is 2. The zero-order valence-electron chi connectivity index (χ0n) is 9.87. The van der Waals surface area contributed by atoms with Gasteiger partial charge in [0.15, 0.2) is 0 Å². The van der Waals surface area contributed by atoms with Gasteiger partial charge in [-0.3, -0.25) is 4.99 Å². The maximum Gasteiger partial charge on any atom is 0.0941 e. The number of nitrogens with two attached hydrogens (primary N) is 1. The van der Waals surface area contributed by atoms with Crippen LogP contribution in [-0.2, 0) is 0 Å². The summed E-state index contributed by atoms with van der Waals surface area (Å²) >= 11 is 0. The average Bonchev–Trinajstić information content (AvgIpc) is 2.21. The Morgan fingerprint density at radius 2 is 2.07 bits per heavy atom. The minimum Gasteiger partial charge on any atom is -0.387 e. The molecule has 84 valence electrons. The molecule has 0 aliphatic heterocycles. The largest absolute Gasteiger partial charge is 0.387 e. The van der Waals surface area contributed by atoms with Crippen LogP contribution in [0.5, 0.6) is 0 Å². The van der Waals surface area contributed by atoms with E-state index >= 15 is 0 Å². The topological polar surface area (TPSA) is 38.4 Å². The lowest BCUT2D eigenvalue weighted by Gasteiger charge is -2.04. The normalized spacial score (nSPS) is 13.0. The molecule has 0 aliphatic rings. The summed E-state index contributed by atoms with van der Waals surface area (Å²) in [5, 5.41) is 0. The van der Waals surface area contributed by atoms with Crippen LogP contribution in [0.4, 0.5) is 0 Å². The summed E-state index contributed by atoms with van der Waals surface area (Å²) in [5.41, 5.74) is 6.82. The first kappa shape index (κ1) is 13.7. The fourth-order valence-corrected chi connectivity index (χ4v) is 1.05. The molecular weight excluding hydrogens is 184 g/mol. The SMILES string of the molecule is C=C/C=C(\C=C)CN=C(N)CCC(C)C. The van der Waals surface area contributed by atoms with Crippen LogP contribution in [0.25, 0.3) is 0 Å². The van der Waals surface area contributed by atoms with E-state index in [4.69, 9.17) is 5.73 Å². The van der Waals surface area contributed by atoms with Gasteiger partial charge in [0.25, 0.3) is 0 Å². The molecule has 0 rings (SSSR count). The highest BCUT2D eigenvalue weighted by Crippen LogP contribution is 2.04. The molecule has 0 saturated heterocycles. The molecule has 0 heterocycles.